The van der Waals surface area contributed by atoms with Crippen LogP contribution in [0.25, 0.3) is 0 Å². The Kier molecular flexibility index (Phi) is 11.4. The molecule has 22 heavy (non-hydrogen) atoms. The molecule has 0 spiro atoms. The number of esters is 2. The van der Waals surface area contributed by atoms with E-state index in [2.05, 4.69) is 27.4 Å². The smallest absolute Gasteiger partial charge is 0.341 e. The van der Waals surface area contributed by atoms with Gasteiger partial charge in [-0.2, -0.15) is 0 Å². The van der Waals surface area contributed by atoms with Crippen molar-refractivity contribution in [3.8, 4) is 0 Å². The summed E-state index contributed by atoms with van der Waals surface area (Å²) in [4.78, 5) is 23.8. The molecule has 0 rings (SSSR count). The summed E-state index contributed by atoms with van der Waals surface area (Å²) in [5.74, 6) is -0.691. The van der Waals surface area contributed by atoms with Gasteiger partial charge in [0.05, 0.1) is 0 Å². The third-order valence-corrected chi connectivity index (χ3v) is 3.88. The Labute approximate surface area is 135 Å². The van der Waals surface area contributed by atoms with Gasteiger partial charge in [-0.3, -0.25) is 0 Å². The van der Waals surface area contributed by atoms with E-state index < -0.39 is 11.9 Å². The number of carbonyl (C=O) groups is 2. The molecule has 0 bridgehead atoms. The van der Waals surface area contributed by atoms with Gasteiger partial charge in [-0.25, -0.2) is 9.59 Å². The van der Waals surface area contributed by atoms with Crippen molar-refractivity contribution in [2.45, 2.75) is 79.1 Å². The van der Waals surface area contributed by atoms with E-state index in [4.69, 9.17) is 4.74 Å². The lowest BCUT2D eigenvalue weighted by molar-refractivity contribution is -0.154. The Bertz CT molecular complexity index is 393. The first-order valence-corrected chi connectivity index (χ1v) is 8.57. The highest BCUT2D eigenvalue weighted by Gasteiger charge is 2.18. The molecule has 0 radical (unpaired) electrons. The zero-order valence-electron chi connectivity index (χ0n) is 14.7. The summed E-state index contributed by atoms with van der Waals surface area (Å²) in [6, 6.07) is 0. The van der Waals surface area contributed by atoms with Crippen LogP contribution in [0, 0.1) is 5.92 Å². The summed E-state index contributed by atoms with van der Waals surface area (Å²) in [7, 11) is 0. The fourth-order valence-corrected chi connectivity index (χ4v) is 2.22. The van der Waals surface area contributed by atoms with Gasteiger partial charge < -0.3 is 4.74 Å². The molecule has 0 aliphatic heterocycles. The fraction of sp³-hybridized carbons (Fsp3) is 0.684. The first kappa shape index (κ1) is 20.6. The molecular weight excluding hydrogens is 276 g/mol. The third kappa shape index (κ3) is 8.81. The minimum Gasteiger partial charge on any atom is -0.386 e. The number of ether oxygens (including phenoxy) is 1. The van der Waals surface area contributed by atoms with Crippen LogP contribution in [0.2, 0.25) is 0 Å². The van der Waals surface area contributed by atoms with Gasteiger partial charge in [-0.1, -0.05) is 72.0 Å². The van der Waals surface area contributed by atoms with E-state index in [1.807, 2.05) is 6.08 Å². The maximum atomic E-state index is 11.9. The number of hydrogen-bond donors (Lipinski definition) is 0. The standard InChI is InChI=1S/C19H32O3/c1-6-9-11-12-15(4)18(20)22-19(21)16(5)14-17(8-3)13-10-7-2/h12,17H,5-11,13-14H2,1-4H3. The number of allylic oxidation sites excluding steroid dienone is 1. The van der Waals surface area contributed by atoms with Crippen molar-refractivity contribution in [2.24, 2.45) is 5.92 Å². The molecule has 1 atom stereocenters. The molecule has 0 aliphatic rings. The van der Waals surface area contributed by atoms with Crippen LogP contribution in [-0.4, -0.2) is 11.9 Å². The average Bonchev–Trinajstić information content (AvgIpc) is 2.50. The van der Waals surface area contributed by atoms with E-state index in [1.165, 1.54) is 0 Å². The van der Waals surface area contributed by atoms with Crippen LogP contribution >= 0.6 is 0 Å². The zero-order valence-corrected chi connectivity index (χ0v) is 14.7. The molecule has 0 saturated heterocycles. The van der Waals surface area contributed by atoms with Gasteiger partial charge in [0, 0.05) is 11.1 Å². The van der Waals surface area contributed by atoms with E-state index in [1.54, 1.807) is 6.92 Å². The lowest BCUT2D eigenvalue weighted by atomic mass is 9.92. The highest BCUT2D eigenvalue weighted by atomic mass is 16.6. The maximum absolute atomic E-state index is 11.9. The molecule has 3 heteroatoms. The average molecular weight is 308 g/mol. The molecule has 0 amide bonds. The lowest BCUT2D eigenvalue weighted by Crippen LogP contribution is -2.16. The van der Waals surface area contributed by atoms with Crippen molar-refractivity contribution in [3.63, 3.8) is 0 Å². The van der Waals surface area contributed by atoms with Crippen molar-refractivity contribution in [1.82, 2.24) is 0 Å². The summed E-state index contributed by atoms with van der Waals surface area (Å²) < 4.78 is 4.91. The van der Waals surface area contributed by atoms with Crippen molar-refractivity contribution < 1.29 is 14.3 Å². The van der Waals surface area contributed by atoms with E-state index in [0.29, 0.717) is 23.5 Å². The van der Waals surface area contributed by atoms with Crippen molar-refractivity contribution in [3.05, 3.63) is 23.8 Å². The Morgan fingerprint density at radius 3 is 2.27 bits per heavy atom. The van der Waals surface area contributed by atoms with Crippen LogP contribution in [0.4, 0.5) is 0 Å². The first-order valence-electron chi connectivity index (χ1n) is 8.57. The Morgan fingerprint density at radius 1 is 1.09 bits per heavy atom. The second-order valence-corrected chi connectivity index (χ2v) is 5.93. The molecule has 0 aromatic carbocycles. The van der Waals surface area contributed by atoms with Crippen molar-refractivity contribution >= 4 is 11.9 Å². The predicted octanol–water partition coefficient (Wildman–Crippen LogP) is 5.36. The minimum absolute atomic E-state index is 0.401. The second-order valence-electron chi connectivity index (χ2n) is 5.93. The number of hydrogen-bond acceptors (Lipinski definition) is 3. The van der Waals surface area contributed by atoms with Gasteiger partial charge >= 0.3 is 11.9 Å². The molecule has 3 nitrogen and oxygen atoms in total. The summed E-state index contributed by atoms with van der Waals surface area (Å²) in [5, 5.41) is 0. The summed E-state index contributed by atoms with van der Waals surface area (Å²) in [5.41, 5.74) is 0.894. The van der Waals surface area contributed by atoms with Gasteiger partial charge in [0.15, 0.2) is 0 Å². The Hall–Kier alpha value is -1.38. The number of rotatable bonds is 11. The van der Waals surface area contributed by atoms with E-state index in [9.17, 15) is 9.59 Å². The normalized spacial score (nSPS) is 12.8. The maximum Gasteiger partial charge on any atom is 0.341 e. The first-order chi connectivity index (χ1) is 10.5. The van der Waals surface area contributed by atoms with Gasteiger partial charge in [-0.15, -0.1) is 0 Å². The van der Waals surface area contributed by atoms with E-state index >= 15 is 0 Å². The zero-order chi connectivity index (χ0) is 17.0. The second kappa shape index (κ2) is 12.2. The predicted molar refractivity (Wildman–Crippen MR) is 91.4 cm³/mol. The van der Waals surface area contributed by atoms with Gasteiger partial charge in [-0.05, 0) is 25.7 Å². The number of unbranched alkanes of at least 4 members (excludes halogenated alkanes) is 3. The molecule has 0 fully saturated rings. The van der Waals surface area contributed by atoms with Gasteiger partial charge in [0.1, 0.15) is 0 Å². The minimum atomic E-state index is -0.580. The van der Waals surface area contributed by atoms with Crippen LogP contribution < -0.4 is 0 Å². The molecule has 1 unspecified atom stereocenters. The highest BCUT2D eigenvalue weighted by molar-refractivity contribution is 6.01. The monoisotopic (exact) mass is 308 g/mol. The lowest BCUT2D eigenvalue weighted by Gasteiger charge is -2.15. The molecule has 0 aromatic heterocycles. The molecule has 0 saturated carbocycles. The van der Waals surface area contributed by atoms with Crippen LogP contribution in [0.15, 0.2) is 23.8 Å². The van der Waals surface area contributed by atoms with Gasteiger partial charge in [0.25, 0.3) is 0 Å². The Morgan fingerprint density at radius 2 is 1.73 bits per heavy atom. The third-order valence-electron chi connectivity index (χ3n) is 3.88. The van der Waals surface area contributed by atoms with Crippen LogP contribution in [0.5, 0.6) is 0 Å². The van der Waals surface area contributed by atoms with Crippen molar-refractivity contribution in [2.75, 3.05) is 0 Å². The summed E-state index contributed by atoms with van der Waals surface area (Å²) >= 11 is 0. The molecule has 0 heterocycles. The van der Waals surface area contributed by atoms with Crippen LogP contribution in [0.3, 0.4) is 0 Å². The quantitative estimate of drug-likeness (QED) is 0.223. The van der Waals surface area contributed by atoms with Crippen LogP contribution in [0.1, 0.15) is 79.1 Å². The molecule has 126 valence electrons. The molecule has 0 aromatic rings. The van der Waals surface area contributed by atoms with E-state index in [-0.39, 0.29) is 0 Å². The molecular formula is C19H32O3. The molecule has 0 aliphatic carbocycles. The van der Waals surface area contributed by atoms with Crippen LogP contribution in [-0.2, 0) is 14.3 Å². The summed E-state index contributed by atoms with van der Waals surface area (Å²) in [6.45, 7) is 11.8. The van der Waals surface area contributed by atoms with Crippen molar-refractivity contribution in [1.29, 1.82) is 0 Å². The highest BCUT2D eigenvalue weighted by Crippen LogP contribution is 2.21. The largest absolute Gasteiger partial charge is 0.386 e. The topological polar surface area (TPSA) is 43.4 Å². The number of carbonyl (C=O) groups excluding carboxylic acids is 2. The van der Waals surface area contributed by atoms with Gasteiger partial charge in [0.2, 0.25) is 0 Å². The van der Waals surface area contributed by atoms with E-state index in [0.717, 1.165) is 44.9 Å². The molecule has 0 N–H and O–H groups in total. The summed E-state index contributed by atoms with van der Waals surface area (Å²) in [6.07, 6.45) is 9.78. The fourth-order valence-electron chi connectivity index (χ4n) is 2.22. The SMILES string of the molecule is C=C(CC(CC)CCCC)C(=O)OC(=O)C(C)=CCCCC. The Balaban J connectivity index is 4.36.